The van der Waals surface area contributed by atoms with E-state index in [1.54, 1.807) is 12.1 Å². The Balaban J connectivity index is 1.74. The highest BCUT2D eigenvalue weighted by Crippen LogP contribution is 2.20. The Morgan fingerprint density at radius 3 is 2.79 bits per heavy atom. The van der Waals surface area contributed by atoms with Gasteiger partial charge in [0.05, 0.1) is 11.8 Å². The minimum Gasteiger partial charge on any atom is -0.438 e. The molecule has 0 saturated carbocycles. The van der Waals surface area contributed by atoms with E-state index in [9.17, 15) is 9.18 Å². The van der Waals surface area contributed by atoms with Gasteiger partial charge in [-0.25, -0.2) is 9.38 Å². The highest BCUT2D eigenvalue weighted by Gasteiger charge is 2.18. The fraction of sp³-hybridized carbons (Fsp3) is 0.238. The molecular weight excluding hydrogens is 427 g/mol. The van der Waals surface area contributed by atoms with Gasteiger partial charge >= 0.3 is 0 Å². The Morgan fingerprint density at radius 2 is 2.04 bits per heavy atom. The summed E-state index contributed by atoms with van der Waals surface area (Å²) in [6, 6.07) is 13.0. The summed E-state index contributed by atoms with van der Waals surface area (Å²) in [6.45, 7) is 1.16. The summed E-state index contributed by atoms with van der Waals surface area (Å²) in [5, 5.41) is 3.67. The minimum absolute atomic E-state index is 0.0352. The van der Waals surface area contributed by atoms with Gasteiger partial charge < -0.3 is 14.5 Å². The maximum atomic E-state index is 13.2. The van der Waals surface area contributed by atoms with Gasteiger partial charge in [0, 0.05) is 23.0 Å². The van der Waals surface area contributed by atoms with Gasteiger partial charge in [-0.1, -0.05) is 15.9 Å². The second kappa shape index (κ2) is 8.24. The summed E-state index contributed by atoms with van der Waals surface area (Å²) >= 11 is 3.43. The zero-order chi connectivity index (χ0) is 19.5. The second-order valence-electron chi connectivity index (χ2n) is 6.58. The molecule has 1 fully saturated rings. The Labute approximate surface area is 169 Å². The van der Waals surface area contributed by atoms with E-state index in [4.69, 9.17) is 9.15 Å². The second-order valence-corrected chi connectivity index (χ2v) is 7.50. The van der Waals surface area contributed by atoms with Gasteiger partial charge in [0.1, 0.15) is 17.0 Å². The van der Waals surface area contributed by atoms with Gasteiger partial charge in [-0.15, -0.1) is 0 Å². The van der Waals surface area contributed by atoms with Crippen LogP contribution in [0.25, 0.3) is 11.0 Å². The molecule has 2 heterocycles. The molecule has 3 aromatic rings. The van der Waals surface area contributed by atoms with Crippen LogP contribution in [0, 0.1) is 5.82 Å². The Bertz CT molecular complexity index is 1070. The van der Waals surface area contributed by atoms with E-state index in [0.29, 0.717) is 23.4 Å². The van der Waals surface area contributed by atoms with Crippen LogP contribution in [0.2, 0.25) is 0 Å². The first kappa shape index (κ1) is 18.8. The van der Waals surface area contributed by atoms with Crippen molar-refractivity contribution in [2.75, 3.05) is 13.2 Å². The number of halogens is 2. The fourth-order valence-electron chi connectivity index (χ4n) is 3.09. The van der Waals surface area contributed by atoms with Crippen LogP contribution in [0.1, 0.15) is 23.2 Å². The highest BCUT2D eigenvalue weighted by molar-refractivity contribution is 9.10. The van der Waals surface area contributed by atoms with E-state index < -0.39 is 0 Å². The molecule has 5 nitrogen and oxygen atoms in total. The van der Waals surface area contributed by atoms with Gasteiger partial charge in [0.15, 0.2) is 0 Å². The number of carbonyl (C=O) groups is 1. The predicted molar refractivity (Wildman–Crippen MR) is 107 cm³/mol. The largest absolute Gasteiger partial charge is 0.438 e. The van der Waals surface area contributed by atoms with Crippen molar-refractivity contribution in [2.24, 2.45) is 4.99 Å². The van der Waals surface area contributed by atoms with E-state index in [2.05, 4.69) is 26.2 Å². The first-order valence-corrected chi connectivity index (χ1v) is 9.81. The number of rotatable bonds is 4. The maximum Gasteiger partial charge on any atom is 0.256 e. The predicted octanol–water partition coefficient (Wildman–Crippen LogP) is 4.48. The van der Waals surface area contributed by atoms with Gasteiger partial charge in [0.25, 0.3) is 5.91 Å². The van der Waals surface area contributed by atoms with Crippen LogP contribution < -0.4 is 10.9 Å². The van der Waals surface area contributed by atoms with Crippen molar-refractivity contribution < 1.29 is 18.3 Å². The topological polar surface area (TPSA) is 63.8 Å². The molecular formula is C21H18BrFN2O3. The first-order chi connectivity index (χ1) is 13.6. The summed E-state index contributed by atoms with van der Waals surface area (Å²) < 4.78 is 25.5. The molecule has 1 N–H and O–H groups in total. The summed E-state index contributed by atoms with van der Waals surface area (Å²) in [5.74, 6) is -0.643. The average Bonchev–Trinajstić information content (AvgIpc) is 3.21. The van der Waals surface area contributed by atoms with Crippen LogP contribution >= 0.6 is 15.9 Å². The zero-order valence-corrected chi connectivity index (χ0v) is 16.5. The number of amides is 1. The van der Waals surface area contributed by atoms with Crippen molar-refractivity contribution in [1.82, 2.24) is 5.32 Å². The van der Waals surface area contributed by atoms with Gasteiger partial charge in [-0.3, -0.25) is 4.79 Å². The smallest absolute Gasteiger partial charge is 0.256 e. The molecule has 2 aromatic carbocycles. The molecule has 0 radical (unpaired) electrons. The lowest BCUT2D eigenvalue weighted by atomic mass is 10.1. The zero-order valence-electron chi connectivity index (χ0n) is 15.0. The van der Waals surface area contributed by atoms with E-state index in [0.717, 1.165) is 29.3 Å². The molecule has 1 saturated heterocycles. The Morgan fingerprint density at radius 1 is 1.21 bits per heavy atom. The van der Waals surface area contributed by atoms with Crippen molar-refractivity contribution in [3.8, 4) is 0 Å². The normalized spacial score (nSPS) is 17.2. The molecule has 1 aliphatic rings. The van der Waals surface area contributed by atoms with Gasteiger partial charge in [-0.05, 0) is 61.4 Å². The van der Waals surface area contributed by atoms with Gasteiger partial charge in [-0.2, -0.15) is 0 Å². The van der Waals surface area contributed by atoms with Crippen LogP contribution in [0.4, 0.5) is 10.1 Å². The molecule has 4 rings (SSSR count). The van der Waals surface area contributed by atoms with Crippen molar-refractivity contribution in [3.05, 3.63) is 69.9 Å². The summed E-state index contributed by atoms with van der Waals surface area (Å²) in [6.07, 6.45) is 1.97. The third kappa shape index (κ3) is 4.31. The molecule has 1 amide bonds. The standard InChI is InChI=1S/C21H18BrFN2O3/c22-14-3-8-19-13(10-14)11-18(20(26)24-12-17-2-1-9-27-17)21(28-19)25-16-6-4-15(23)5-7-16/h3-8,10-11,17H,1-2,9,12H2,(H,24,26). The molecule has 7 heteroatoms. The van der Waals surface area contributed by atoms with E-state index in [1.807, 2.05) is 12.1 Å². The molecule has 1 aromatic heterocycles. The Kier molecular flexibility index (Phi) is 5.54. The van der Waals surface area contributed by atoms with Crippen molar-refractivity contribution >= 4 is 38.5 Å². The Hall–Kier alpha value is -2.51. The van der Waals surface area contributed by atoms with Crippen LogP contribution in [-0.2, 0) is 4.74 Å². The quantitative estimate of drug-likeness (QED) is 0.645. The number of fused-ring (bicyclic) bond motifs is 1. The van der Waals surface area contributed by atoms with Crippen LogP contribution in [0.5, 0.6) is 0 Å². The molecule has 28 heavy (non-hydrogen) atoms. The number of nitrogens with zero attached hydrogens (tertiary/aromatic N) is 1. The lowest BCUT2D eigenvalue weighted by Gasteiger charge is -2.11. The molecule has 144 valence electrons. The van der Waals surface area contributed by atoms with E-state index in [1.165, 1.54) is 24.3 Å². The molecule has 0 spiro atoms. The van der Waals surface area contributed by atoms with E-state index >= 15 is 0 Å². The lowest BCUT2D eigenvalue weighted by Crippen LogP contribution is -2.34. The number of nitrogens with one attached hydrogen (secondary N) is 1. The van der Waals surface area contributed by atoms with Crippen LogP contribution in [0.3, 0.4) is 0 Å². The summed E-state index contributed by atoms with van der Waals surface area (Å²) in [5.41, 5.74) is 1.58. The SMILES string of the molecule is O=C(NCC1CCCO1)c1cc2cc(Br)ccc2oc1=Nc1ccc(F)cc1. The van der Waals surface area contributed by atoms with Crippen molar-refractivity contribution in [2.45, 2.75) is 18.9 Å². The monoisotopic (exact) mass is 444 g/mol. The summed E-state index contributed by atoms with van der Waals surface area (Å²) in [7, 11) is 0. The molecule has 1 atom stereocenters. The maximum absolute atomic E-state index is 13.2. The minimum atomic E-state index is -0.353. The van der Waals surface area contributed by atoms with E-state index in [-0.39, 0.29) is 23.4 Å². The van der Waals surface area contributed by atoms with Crippen molar-refractivity contribution in [1.29, 1.82) is 0 Å². The van der Waals surface area contributed by atoms with Crippen LogP contribution in [-0.4, -0.2) is 25.2 Å². The molecule has 1 unspecified atom stereocenters. The molecule has 0 aliphatic carbocycles. The number of benzene rings is 2. The van der Waals surface area contributed by atoms with Gasteiger partial charge in [0.2, 0.25) is 5.55 Å². The van der Waals surface area contributed by atoms with Crippen molar-refractivity contribution in [3.63, 3.8) is 0 Å². The molecule has 0 bridgehead atoms. The number of hydrogen-bond donors (Lipinski definition) is 1. The number of ether oxygens (including phenoxy) is 1. The lowest BCUT2D eigenvalue weighted by molar-refractivity contribution is 0.0854. The first-order valence-electron chi connectivity index (χ1n) is 9.02. The third-order valence-electron chi connectivity index (χ3n) is 4.52. The van der Waals surface area contributed by atoms with Crippen LogP contribution in [0.15, 0.2) is 62.4 Å². The average molecular weight is 445 g/mol. The highest BCUT2D eigenvalue weighted by atomic mass is 79.9. The third-order valence-corrected chi connectivity index (χ3v) is 5.02. The molecule has 1 aliphatic heterocycles. The number of hydrogen-bond acceptors (Lipinski definition) is 4. The summed E-state index contributed by atoms with van der Waals surface area (Å²) in [4.78, 5) is 17.3. The fourth-order valence-corrected chi connectivity index (χ4v) is 3.47. The number of carbonyl (C=O) groups excluding carboxylic acids is 1.